The van der Waals surface area contributed by atoms with Crippen LogP contribution in [0.15, 0.2) is 12.3 Å². The minimum Gasteiger partial charge on any atom is -0.337 e. The van der Waals surface area contributed by atoms with E-state index in [4.69, 9.17) is 0 Å². The van der Waals surface area contributed by atoms with Gasteiger partial charge in [-0.05, 0) is 37.7 Å². The standard InChI is InChI=1S/C15H21N3O/c1-11-16-8-6-14(17-11)15(19)18-9-7-12-4-2-3-5-13(12)10-18/h6,8,12-13H,2-5,7,9-10H2,1H3/t12-,13-/m0/s1. The van der Waals surface area contributed by atoms with Crippen LogP contribution in [-0.2, 0) is 0 Å². The van der Waals surface area contributed by atoms with E-state index in [0.29, 0.717) is 11.5 Å². The van der Waals surface area contributed by atoms with Crippen molar-refractivity contribution in [3.63, 3.8) is 0 Å². The van der Waals surface area contributed by atoms with Gasteiger partial charge in [-0.1, -0.05) is 19.3 Å². The van der Waals surface area contributed by atoms with E-state index in [-0.39, 0.29) is 5.91 Å². The average Bonchev–Trinajstić information content (AvgIpc) is 2.46. The van der Waals surface area contributed by atoms with Gasteiger partial charge in [-0.2, -0.15) is 0 Å². The Hall–Kier alpha value is -1.45. The second-order valence-corrected chi connectivity index (χ2v) is 5.83. The molecule has 2 fully saturated rings. The van der Waals surface area contributed by atoms with E-state index < -0.39 is 0 Å². The lowest BCUT2D eigenvalue weighted by molar-refractivity contribution is 0.0515. The van der Waals surface area contributed by atoms with Gasteiger partial charge < -0.3 is 4.90 Å². The van der Waals surface area contributed by atoms with Crippen LogP contribution in [0.25, 0.3) is 0 Å². The lowest BCUT2D eigenvalue weighted by Gasteiger charge is -2.41. The molecule has 4 nitrogen and oxygen atoms in total. The van der Waals surface area contributed by atoms with Gasteiger partial charge in [0, 0.05) is 19.3 Å². The molecule has 4 heteroatoms. The zero-order valence-corrected chi connectivity index (χ0v) is 11.5. The van der Waals surface area contributed by atoms with Crippen molar-refractivity contribution >= 4 is 5.91 Å². The Morgan fingerprint density at radius 2 is 2.05 bits per heavy atom. The molecule has 0 unspecified atom stereocenters. The van der Waals surface area contributed by atoms with Gasteiger partial charge >= 0.3 is 0 Å². The number of hydrogen-bond donors (Lipinski definition) is 0. The summed E-state index contributed by atoms with van der Waals surface area (Å²) in [7, 11) is 0. The number of hydrogen-bond acceptors (Lipinski definition) is 3. The molecule has 1 amide bonds. The van der Waals surface area contributed by atoms with E-state index in [1.54, 1.807) is 12.3 Å². The molecular weight excluding hydrogens is 238 g/mol. The van der Waals surface area contributed by atoms with Gasteiger partial charge in [-0.15, -0.1) is 0 Å². The van der Waals surface area contributed by atoms with Crippen LogP contribution in [0.3, 0.4) is 0 Å². The van der Waals surface area contributed by atoms with E-state index in [9.17, 15) is 4.79 Å². The van der Waals surface area contributed by atoms with Gasteiger partial charge in [0.25, 0.3) is 5.91 Å². The molecule has 1 saturated heterocycles. The molecule has 1 aromatic heterocycles. The van der Waals surface area contributed by atoms with Crippen molar-refractivity contribution in [2.75, 3.05) is 13.1 Å². The number of nitrogens with zero attached hydrogens (tertiary/aromatic N) is 3. The third-order valence-corrected chi connectivity index (χ3v) is 4.57. The molecule has 1 aromatic rings. The van der Waals surface area contributed by atoms with Crippen molar-refractivity contribution in [2.24, 2.45) is 11.8 Å². The lowest BCUT2D eigenvalue weighted by Crippen LogP contribution is -2.45. The Labute approximate surface area is 114 Å². The van der Waals surface area contributed by atoms with E-state index >= 15 is 0 Å². The van der Waals surface area contributed by atoms with Crippen LogP contribution in [0, 0.1) is 18.8 Å². The SMILES string of the molecule is Cc1nccc(C(=O)N2CC[C@@H]3CCCC[C@H]3C2)n1. The average molecular weight is 259 g/mol. The van der Waals surface area contributed by atoms with Gasteiger partial charge in [0.1, 0.15) is 11.5 Å². The number of carbonyl (C=O) groups is 1. The Morgan fingerprint density at radius 3 is 2.84 bits per heavy atom. The summed E-state index contributed by atoms with van der Waals surface area (Å²) in [6, 6.07) is 1.72. The van der Waals surface area contributed by atoms with Crippen molar-refractivity contribution in [1.82, 2.24) is 14.9 Å². The molecule has 2 aliphatic rings. The molecule has 19 heavy (non-hydrogen) atoms. The summed E-state index contributed by atoms with van der Waals surface area (Å²) >= 11 is 0. The van der Waals surface area contributed by atoms with Gasteiger partial charge in [0.15, 0.2) is 0 Å². The van der Waals surface area contributed by atoms with Crippen LogP contribution in [0.1, 0.15) is 48.4 Å². The van der Waals surface area contributed by atoms with Crippen LogP contribution < -0.4 is 0 Å². The minimum atomic E-state index is 0.0783. The highest BCUT2D eigenvalue weighted by molar-refractivity contribution is 5.92. The van der Waals surface area contributed by atoms with Crippen LogP contribution >= 0.6 is 0 Å². The Bertz CT molecular complexity index is 474. The number of aryl methyl sites for hydroxylation is 1. The second-order valence-electron chi connectivity index (χ2n) is 5.83. The van der Waals surface area contributed by atoms with Crippen molar-refractivity contribution in [3.05, 3.63) is 23.8 Å². The molecule has 1 saturated carbocycles. The number of piperidine rings is 1. The number of rotatable bonds is 1. The number of aromatic nitrogens is 2. The molecule has 1 aliphatic carbocycles. The molecule has 0 bridgehead atoms. The first-order chi connectivity index (χ1) is 9.24. The van der Waals surface area contributed by atoms with Gasteiger partial charge in [0.2, 0.25) is 0 Å². The molecule has 2 atom stereocenters. The van der Waals surface area contributed by atoms with Crippen LogP contribution in [0.2, 0.25) is 0 Å². The van der Waals surface area contributed by atoms with Gasteiger partial charge in [-0.25, -0.2) is 9.97 Å². The largest absolute Gasteiger partial charge is 0.337 e. The van der Waals surface area contributed by atoms with E-state index in [0.717, 1.165) is 24.9 Å². The highest BCUT2D eigenvalue weighted by Crippen LogP contribution is 2.36. The summed E-state index contributed by atoms with van der Waals surface area (Å²) in [6.07, 6.45) is 8.19. The zero-order chi connectivity index (χ0) is 13.2. The molecular formula is C15H21N3O. The third kappa shape index (κ3) is 2.62. The summed E-state index contributed by atoms with van der Waals surface area (Å²) < 4.78 is 0. The fraction of sp³-hybridized carbons (Fsp3) is 0.667. The molecule has 102 valence electrons. The van der Waals surface area contributed by atoms with E-state index in [1.807, 2.05) is 11.8 Å². The predicted molar refractivity (Wildman–Crippen MR) is 72.7 cm³/mol. The molecule has 0 N–H and O–H groups in total. The first-order valence-corrected chi connectivity index (χ1v) is 7.33. The second kappa shape index (κ2) is 5.27. The summed E-state index contributed by atoms with van der Waals surface area (Å²) in [5.74, 6) is 2.31. The van der Waals surface area contributed by atoms with Crippen LogP contribution in [0.4, 0.5) is 0 Å². The Balaban J connectivity index is 1.71. The lowest BCUT2D eigenvalue weighted by atomic mass is 9.75. The third-order valence-electron chi connectivity index (χ3n) is 4.57. The number of likely N-dealkylation sites (tertiary alicyclic amines) is 1. The topological polar surface area (TPSA) is 46.1 Å². The van der Waals surface area contributed by atoms with Gasteiger partial charge in [-0.3, -0.25) is 4.79 Å². The number of fused-ring (bicyclic) bond motifs is 1. The maximum absolute atomic E-state index is 12.5. The Kier molecular flexibility index (Phi) is 3.49. The summed E-state index contributed by atoms with van der Waals surface area (Å²) in [4.78, 5) is 22.8. The van der Waals surface area contributed by atoms with Crippen LogP contribution in [-0.4, -0.2) is 33.9 Å². The molecule has 0 spiro atoms. The zero-order valence-electron chi connectivity index (χ0n) is 11.5. The highest BCUT2D eigenvalue weighted by atomic mass is 16.2. The van der Waals surface area contributed by atoms with Crippen LogP contribution in [0.5, 0.6) is 0 Å². The number of carbonyl (C=O) groups excluding carboxylic acids is 1. The van der Waals surface area contributed by atoms with Crippen molar-refractivity contribution in [1.29, 1.82) is 0 Å². The first-order valence-electron chi connectivity index (χ1n) is 7.33. The smallest absolute Gasteiger partial charge is 0.272 e. The molecule has 1 aliphatic heterocycles. The highest BCUT2D eigenvalue weighted by Gasteiger charge is 2.33. The van der Waals surface area contributed by atoms with Crippen molar-refractivity contribution in [3.8, 4) is 0 Å². The summed E-state index contributed by atoms with van der Waals surface area (Å²) in [6.45, 7) is 3.64. The van der Waals surface area contributed by atoms with E-state index in [2.05, 4.69) is 9.97 Å². The quantitative estimate of drug-likeness (QED) is 0.778. The first kappa shape index (κ1) is 12.6. The number of amides is 1. The van der Waals surface area contributed by atoms with Crippen molar-refractivity contribution < 1.29 is 4.79 Å². The molecule has 2 heterocycles. The minimum absolute atomic E-state index is 0.0783. The van der Waals surface area contributed by atoms with Crippen molar-refractivity contribution in [2.45, 2.75) is 39.0 Å². The fourth-order valence-electron chi connectivity index (χ4n) is 3.52. The maximum Gasteiger partial charge on any atom is 0.272 e. The van der Waals surface area contributed by atoms with Gasteiger partial charge in [0.05, 0.1) is 0 Å². The summed E-state index contributed by atoms with van der Waals surface area (Å²) in [5.41, 5.74) is 0.543. The Morgan fingerprint density at radius 1 is 1.26 bits per heavy atom. The normalized spacial score (nSPS) is 26.9. The molecule has 3 rings (SSSR count). The van der Waals surface area contributed by atoms with E-state index in [1.165, 1.54) is 32.1 Å². The molecule has 0 aromatic carbocycles. The predicted octanol–water partition coefficient (Wildman–Crippen LogP) is 2.44. The summed E-state index contributed by atoms with van der Waals surface area (Å²) in [5, 5.41) is 0. The monoisotopic (exact) mass is 259 g/mol. The maximum atomic E-state index is 12.5. The molecule has 0 radical (unpaired) electrons. The fourth-order valence-corrected chi connectivity index (χ4v) is 3.52.